The van der Waals surface area contributed by atoms with Crippen LogP contribution >= 0.6 is 0 Å². The maximum Gasteiger partial charge on any atom is 0.408 e. The number of hydrogen-bond donors (Lipinski definition) is 2. The van der Waals surface area contributed by atoms with Crippen molar-refractivity contribution in [3.05, 3.63) is 48.0 Å². The summed E-state index contributed by atoms with van der Waals surface area (Å²) in [7, 11) is 0. The Morgan fingerprint density at radius 2 is 1.77 bits per heavy atom. The number of carbonyl (C=O) groups is 3. The van der Waals surface area contributed by atoms with E-state index in [1.165, 1.54) is 11.3 Å². The predicted molar refractivity (Wildman–Crippen MR) is 139 cm³/mol. The number of carbonyl (C=O) groups excluding carboxylic acids is 3. The van der Waals surface area contributed by atoms with Gasteiger partial charge in [0.25, 0.3) is 0 Å². The van der Waals surface area contributed by atoms with Gasteiger partial charge in [0.15, 0.2) is 0 Å². The minimum atomic E-state index is -0.862. The summed E-state index contributed by atoms with van der Waals surface area (Å²) in [6.07, 6.45) is 6.19. The van der Waals surface area contributed by atoms with Crippen LogP contribution in [0, 0.1) is 12.8 Å². The zero-order valence-corrected chi connectivity index (χ0v) is 22.2. The molecule has 0 aromatic heterocycles. The van der Waals surface area contributed by atoms with E-state index in [9.17, 15) is 14.4 Å². The van der Waals surface area contributed by atoms with E-state index < -0.39 is 23.8 Å². The summed E-state index contributed by atoms with van der Waals surface area (Å²) in [6.45, 7) is 15.0. The molecule has 2 rings (SSSR count). The van der Waals surface area contributed by atoms with Crippen molar-refractivity contribution in [2.24, 2.45) is 5.92 Å². The van der Waals surface area contributed by atoms with Crippen LogP contribution in [-0.2, 0) is 14.3 Å². The third-order valence-electron chi connectivity index (χ3n) is 6.21. The van der Waals surface area contributed by atoms with E-state index in [0.29, 0.717) is 0 Å². The van der Waals surface area contributed by atoms with Crippen molar-refractivity contribution >= 4 is 17.9 Å². The van der Waals surface area contributed by atoms with Gasteiger partial charge in [0.05, 0.1) is 0 Å². The molecular formula is C28H43N3O4. The molecule has 1 aliphatic carbocycles. The highest BCUT2D eigenvalue weighted by molar-refractivity contribution is 5.92. The van der Waals surface area contributed by atoms with Gasteiger partial charge in [-0.05, 0) is 57.6 Å². The predicted octanol–water partition coefficient (Wildman–Crippen LogP) is 5.05. The Labute approximate surface area is 210 Å². The van der Waals surface area contributed by atoms with Gasteiger partial charge in [0.2, 0.25) is 11.8 Å². The number of rotatable bonds is 9. The summed E-state index contributed by atoms with van der Waals surface area (Å²) < 4.78 is 5.40. The Balaban J connectivity index is 2.42. The lowest BCUT2D eigenvalue weighted by molar-refractivity contribution is -0.143. The topological polar surface area (TPSA) is 87.7 Å². The van der Waals surface area contributed by atoms with Gasteiger partial charge < -0.3 is 20.3 Å². The number of nitrogens with zero attached hydrogens (tertiary/aromatic N) is 1. The van der Waals surface area contributed by atoms with Crippen molar-refractivity contribution in [2.75, 3.05) is 6.54 Å². The van der Waals surface area contributed by atoms with Gasteiger partial charge >= 0.3 is 6.09 Å². The lowest BCUT2D eigenvalue weighted by Crippen LogP contribution is -2.55. The first-order valence-electron chi connectivity index (χ1n) is 12.7. The van der Waals surface area contributed by atoms with Crippen LogP contribution in [0.3, 0.4) is 0 Å². The van der Waals surface area contributed by atoms with E-state index in [1.54, 1.807) is 26.8 Å². The molecule has 7 nitrogen and oxygen atoms in total. The van der Waals surface area contributed by atoms with Crippen LogP contribution < -0.4 is 10.6 Å². The van der Waals surface area contributed by atoms with E-state index in [4.69, 9.17) is 4.74 Å². The van der Waals surface area contributed by atoms with Crippen molar-refractivity contribution in [1.82, 2.24) is 15.5 Å². The van der Waals surface area contributed by atoms with Crippen molar-refractivity contribution < 1.29 is 19.1 Å². The molecule has 0 saturated heterocycles. The van der Waals surface area contributed by atoms with Crippen LogP contribution in [0.25, 0.3) is 0 Å². The van der Waals surface area contributed by atoms with Gasteiger partial charge in [-0.25, -0.2) is 4.79 Å². The smallest absolute Gasteiger partial charge is 0.408 e. The van der Waals surface area contributed by atoms with Gasteiger partial charge in [-0.15, -0.1) is 6.58 Å². The molecule has 0 spiro atoms. The Morgan fingerprint density at radius 3 is 2.31 bits per heavy atom. The highest BCUT2D eigenvalue weighted by atomic mass is 16.6. The third-order valence-corrected chi connectivity index (χ3v) is 6.21. The summed E-state index contributed by atoms with van der Waals surface area (Å²) in [5, 5.41) is 5.93. The molecule has 3 amide bonds. The molecule has 194 valence electrons. The molecule has 1 saturated carbocycles. The van der Waals surface area contributed by atoms with Crippen LogP contribution in [-0.4, -0.2) is 47.0 Å². The van der Waals surface area contributed by atoms with Crippen LogP contribution in [0.1, 0.15) is 83.9 Å². The molecule has 0 radical (unpaired) electrons. The Kier molecular flexibility index (Phi) is 10.3. The zero-order chi connectivity index (χ0) is 26.2. The standard InChI is InChI=1S/C28H43N3O4/c1-8-18-31(26(33)23(19(2)3)30-27(34)35-28(5,6)7)24(22-17-13-12-14-20(22)4)25(32)29-21-15-10-9-11-16-21/h8,12-14,17,19,21,23-24H,1,9-11,15-16,18H2,2-7H3,(H,29,32)(H,30,34). The number of nitrogens with one attached hydrogen (secondary N) is 2. The van der Waals surface area contributed by atoms with Crippen LogP contribution in [0.15, 0.2) is 36.9 Å². The van der Waals surface area contributed by atoms with Crippen molar-refractivity contribution in [3.63, 3.8) is 0 Å². The molecule has 0 aliphatic heterocycles. The van der Waals surface area contributed by atoms with E-state index in [-0.39, 0.29) is 30.3 Å². The van der Waals surface area contributed by atoms with Gasteiger partial charge in [0, 0.05) is 12.6 Å². The molecule has 0 bridgehead atoms. The summed E-state index contributed by atoms with van der Waals surface area (Å²) in [6, 6.07) is 6.00. The SMILES string of the molecule is C=CCN(C(=O)C(NC(=O)OC(C)(C)C)C(C)C)C(C(=O)NC1CCCCC1)c1ccccc1C. The lowest BCUT2D eigenvalue weighted by Gasteiger charge is -2.36. The Bertz CT molecular complexity index is 884. The van der Waals surface area contributed by atoms with Gasteiger partial charge in [-0.1, -0.05) is 63.5 Å². The molecule has 35 heavy (non-hydrogen) atoms. The molecule has 1 fully saturated rings. The average molecular weight is 486 g/mol. The third kappa shape index (κ3) is 8.41. The molecule has 2 unspecified atom stereocenters. The maximum atomic E-state index is 13.9. The lowest BCUT2D eigenvalue weighted by atomic mass is 9.93. The second-order valence-electron chi connectivity index (χ2n) is 10.7. The molecule has 2 atom stereocenters. The van der Waals surface area contributed by atoms with Crippen LogP contribution in [0.5, 0.6) is 0 Å². The highest BCUT2D eigenvalue weighted by Crippen LogP contribution is 2.28. The van der Waals surface area contributed by atoms with Gasteiger partial charge in [-0.2, -0.15) is 0 Å². The fourth-order valence-electron chi connectivity index (χ4n) is 4.46. The van der Waals surface area contributed by atoms with E-state index in [2.05, 4.69) is 17.2 Å². The monoisotopic (exact) mass is 485 g/mol. The maximum absolute atomic E-state index is 13.9. The number of benzene rings is 1. The van der Waals surface area contributed by atoms with E-state index in [1.807, 2.05) is 45.0 Å². The van der Waals surface area contributed by atoms with Gasteiger partial charge in [-0.3, -0.25) is 9.59 Å². The van der Waals surface area contributed by atoms with Crippen molar-refractivity contribution in [3.8, 4) is 0 Å². The first-order chi connectivity index (χ1) is 16.4. The first-order valence-corrected chi connectivity index (χ1v) is 12.7. The van der Waals surface area contributed by atoms with Crippen LogP contribution in [0.4, 0.5) is 4.79 Å². The quantitative estimate of drug-likeness (QED) is 0.479. The minimum Gasteiger partial charge on any atom is -0.444 e. The fraction of sp³-hybridized carbons (Fsp3) is 0.607. The minimum absolute atomic E-state index is 0.101. The Hall–Kier alpha value is -2.83. The second kappa shape index (κ2) is 12.8. The fourth-order valence-corrected chi connectivity index (χ4v) is 4.46. The summed E-state index contributed by atoms with van der Waals surface area (Å²) in [4.78, 5) is 41.7. The average Bonchev–Trinajstić information content (AvgIpc) is 2.77. The normalized spacial score (nSPS) is 16.2. The summed E-state index contributed by atoms with van der Waals surface area (Å²) >= 11 is 0. The second-order valence-corrected chi connectivity index (χ2v) is 10.7. The molecular weight excluding hydrogens is 442 g/mol. The van der Waals surface area contributed by atoms with E-state index >= 15 is 0 Å². The summed E-state index contributed by atoms with van der Waals surface area (Å²) in [5.74, 6) is -0.778. The molecule has 2 N–H and O–H groups in total. The van der Waals surface area contributed by atoms with E-state index in [0.717, 1.165) is 36.8 Å². The van der Waals surface area contributed by atoms with Crippen molar-refractivity contribution in [1.29, 1.82) is 0 Å². The summed E-state index contributed by atoms with van der Waals surface area (Å²) in [5.41, 5.74) is 0.981. The van der Waals surface area contributed by atoms with Crippen LogP contribution in [0.2, 0.25) is 0 Å². The van der Waals surface area contributed by atoms with Gasteiger partial charge in [0.1, 0.15) is 17.7 Å². The number of alkyl carbamates (subject to hydrolysis) is 1. The molecule has 1 aromatic rings. The molecule has 1 aromatic carbocycles. The van der Waals surface area contributed by atoms with Crippen molar-refractivity contribution in [2.45, 2.75) is 97.4 Å². The number of hydrogen-bond acceptors (Lipinski definition) is 4. The molecule has 1 aliphatic rings. The zero-order valence-electron chi connectivity index (χ0n) is 22.2. The molecule has 0 heterocycles. The number of ether oxygens (including phenoxy) is 1. The largest absolute Gasteiger partial charge is 0.444 e. The first kappa shape index (κ1) is 28.4. The highest BCUT2D eigenvalue weighted by Gasteiger charge is 2.38. The number of aryl methyl sites for hydroxylation is 1. The number of amides is 3. The Morgan fingerprint density at radius 1 is 1.14 bits per heavy atom. The molecule has 7 heteroatoms.